The number of rotatable bonds is 9. The molecule has 0 spiro atoms. The Morgan fingerprint density at radius 2 is 1.94 bits per heavy atom. The van der Waals surface area contributed by atoms with E-state index in [2.05, 4.69) is 10.8 Å². The molecule has 0 saturated carbocycles. The molecule has 0 radical (unpaired) electrons. The molecule has 2 aliphatic rings. The number of carboxylic acid groups (broad SMARTS) is 1. The van der Waals surface area contributed by atoms with E-state index in [1.807, 2.05) is 51.1 Å². The number of nitrogens with one attached hydrogen (secondary N) is 2. The van der Waals surface area contributed by atoms with E-state index in [0.717, 1.165) is 5.56 Å². The maximum atomic E-state index is 12.8. The lowest BCUT2D eigenvalue weighted by molar-refractivity contribution is -0.141. The molecule has 1 aromatic rings. The summed E-state index contributed by atoms with van der Waals surface area (Å²) < 4.78 is 0. The van der Waals surface area contributed by atoms with Gasteiger partial charge in [0.2, 0.25) is 0 Å². The number of amides is 4. The maximum Gasteiger partial charge on any atom is 0.404 e. The SMILES string of the molecule is CC(C)(C)C(CCONC(=O)[C@@H]1CC[C@@H]2CN1C(=O)N2OCc1ccccc1)NC(=O)O. The van der Waals surface area contributed by atoms with Crippen LogP contribution in [0.2, 0.25) is 0 Å². The van der Waals surface area contributed by atoms with Gasteiger partial charge in [0.25, 0.3) is 5.91 Å². The minimum atomic E-state index is -1.10. The molecule has 2 heterocycles. The third-order valence-corrected chi connectivity index (χ3v) is 5.86. The summed E-state index contributed by atoms with van der Waals surface area (Å²) in [5, 5.41) is 12.9. The molecule has 4 amide bonds. The molecule has 0 aliphatic carbocycles. The van der Waals surface area contributed by atoms with Gasteiger partial charge in [-0.05, 0) is 30.2 Å². The number of hydrogen-bond acceptors (Lipinski definition) is 5. The van der Waals surface area contributed by atoms with Crippen LogP contribution in [0.3, 0.4) is 0 Å². The zero-order valence-electron chi connectivity index (χ0n) is 18.7. The number of benzene rings is 1. The van der Waals surface area contributed by atoms with Crippen LogP contribution >= 0.6 is 0 Å². The van der Waals surface area contributed by atoms with Crippen molar-refractivity contribution in [1.29, 1.82) is 0 Å². The van der Waals surface area contributed by atoms with Crippen molar-refractivity contribution in [3.63, 3.8) is 0 Å². The molecule has 2 fully saturated rings. The van der Waals surface area contributed by atoms with E-state index in [4.69, 9.17) is 14.8 Å². The van der Waals surface area contributed by atoms with Gasteiger partial charge in [-0.1, -0.05) is 51.1 Å². The van der Waals surface area contributed by atoms with Crippen LogP contribution in [0.4, 0.5) is 9.59 Å². The Kier molecular flexibility index (Phi) is 7.57. The molecular weight excluding hydrogens is 416 g/mol. The van der Waals surface area contributed by atoms with E-state index in [0.29, 0.717) is 25.8 Å². The van der Waals surface area contributed by atoms with Crippen LogP contribution in [0, 0.1) is 5.41 Å². The van der Waals surface area contributed by atoms with Gasteiger partial charge in [-0.25, -0.2) is 15.1 Å². The third-order valence-electron chi connectivity index (χ3n) is 5.86. The van der Waals surface area contributed by atoms with E-state index in [1.165, 1.54) is 9.96 Å². The molecule has 32 heavy (non-hydrogen) atoms. The van der Waals surface area contributed by atoms with Crippen molar-refractivity contribution in [3.05, 3.63) is 35.9 Å². The first-order valence-electron chi connectivity index (χ1n) is 10.8. The molecule has 10 heteroatoms. The predicted molar refractivity (Wildman–Crippen MR) is 115 cm³/mol. The van der Waals surface area contributed by atoms with E-state index >= 15 is 0 Å². The molecular formula is C22H32N4O6. The van der Waals surface area contributed by atoms with Crippen molar-refractivity contribution in [2.75, 3.05) is 13.2 Å². The van der Waals surface area contributed by atoms with Gasteiger partial charge in [0.1, 0.15) is 12.6 Å². The maximum absolute atomic E-state index is 12.8. The number of piperidine rings is 1. The summed E-state index contributed by atoms with van der Waals surface area (Å²) in [4.78, 5) is 49.0. The number of hydroxylamine groups is 3. The molecule has 2 aliphatic heterocycles. The van der Waals surface area contributed by atoms with Crippen molar-refractivity contribution >= 4 is 18.0 Å². The fraction of sp³-hybridized carbons (Fsp3) is 0.591. The fourth-order valence-corrected chi connectivity index (χ4v) is 4.03. The van der Waals surface area contributed by atoms with Crippen LogP contribution in [-0.2, 0) is 21.1 Å². The molecule has 3 N–H and O–H groups in total. The Hall–Kier alpha value is -2.85. The number of carbonyl (C=O) groups excluding carboxylic acids is 2. The number of hydrogen-bond donors (Lipinski definition) is 3. The Morgan fingerprint density at radius 1 is 1.22 bits per heavy atom. The van der Waals surface area contributed by atoms with Gasteiger partial charge in [0.15, 0.2) is 0 Å². The lowest BCUT2D eigenvalue weighted by Crippen LogP contribution is -2.50. The average Bonchev–Trinajstić information content (AvgIpc) is 2.98. The highest BCUT2D eigenvalue weighted by atomic mass is 16.7. The van der Waals surface area contributed by atoms with Gasteiger partial charge in [0.05, 0.1) is 12.6 Å². The standard InChI is InChI=1S/C22H32N4O6/c1-22(2,3)18(23-20(28)29)11-12-31-24-19(27)17-10-9-16-13-25(17)21(30)26(16)32-14-15-7-5-4-6-8-15/h4-8,16-18,23H,9-14H2,1-3H3,(H,24,27)(H,28,29)/t16-,17+,18?/m1/s1. The smallest absolute Gasteiger partial charge is 0.404 e. The van der Waals surface area contributed by atoms with Crippen molar-refractivity contribution in [1.82, 2.24) is 20.8 Å². The zero-order chi connectivity index (χ0) is 23.3. The number of urea groups is 1. The van der Waals surface area contributed by atoms with Crippen LogP contribution in [-0.4, -0.2) is 64.4 Å². The molecule has 176 valence electrons. The van der Waals surface area contributed by atoms with Crippen LogP contribution in [0.5, 0.6) is 0 Å². The Balaban J connectivity index is 1.47. The summed E-state index contributed by atoms with van der Waals surface area (Å²) >= 11 is 0. The summed E-state index contributed by atoms with van der Waals surface area (Å²) in [7, 11) is 0. The first-order valence-corrected chi connectivity index (χ1v) is 10.8. The van der Waals surface area contributed by atoms with Crippen molar-refractivity contribution in [2.24, 2.45) is 5.41 Å². The minimum Gasteiger partial charge on any atom is -0.465 e. The molecule has 2 bridgehead atoms. The van der Waals surface area contributed by atoms with Gasteiger partial charge >= 0.3 is 12.1 Å². The van der Waals surface area contributed by atoms with Gasteiger partial charge in [0, 0.05) is 12.6 Å². The fourth-order valence-electron chi connectivity index (χ4n) is 4.03. The first kappa shape index (κ1) is 23.8. The molecule has 1 aromatic carbocycles. The Bertz CT molecular complexity index is 812. The highest BCUT2D eigenvalue weighted by Gasteiger charge is 2.48. The van der Waals surface area contributed by atoms with E-state index in [1.54, 1.807) is 0 Å². The Morgan fingerprint density at radius 3 is 2.59 bits per heavy atom. The van der Waals surface area contributed by atoms with Crippen LogP contribution in [0.1, 0.15) is 45.6 Å². The third kappa shape index (κ3) is 5.89. The summed E-state index contributed by atoms with van der Waals surface area (Å²) in [6.07, 6.45) is 0.468. The lowest BCUT2D eigenvalue weighted by Gasteiger charge is -2.31. The summed E-state index contributed by atoms with van der Waals surface area (Å²) in [5.41, 5.74) is 3.09. The predicted octanol–water partition coefficient (Wildman–Crippen LogP) is 2.51. The van der Waals surface area contributed by atoms with Gasteiger partial charge in [-0.3, -0.25) is 14.5 Å². The highest BCUT2D eigenvalue weighted by molar-refractivity contribution is 5.88. The van der Waals surface area contributed by atoms with Gasteiger partial charge in [-0.2, -0.15) is 5.06 Å². The van der Waals surface area contributed by atoms with Crippen LogP contribution in [0.25, 0.3) is 0 Å². The molecule has 10 nitrogen and oxygen atoms in total. The quantitative estimate of drug-likeness (QED) is 0.394. The van der Waals surface area contributed by atoms with Gasteiger partial charge < -0.3 is 15.3 Å². The number of carbonyl (C=O) groups is 3. The van der Waals surface area contributed by atoms with Crippen molar-refractivity contribution in [3.8, 4) is 0 Å². The summed E-state index contributed by atoms with van der Waals surface area (Å²) in [6, 6.07) is 8.24. The monoisotopic (exact) mass is 448 g/mol. The Labute approximate surface area is 187 Å². The zero-order valence-corrected chi connectivity index (χ0v) is 18.7. The molecule has 0 aromatic heterocycles. The molecule has 3 rings (SSSR count). The number of fused-ring (bicyclic) bond motifs is 2. The van der Waals surface area contributed by atoms with Crippen LogP contribution < -0.4 is 10.8 Å². The van der Waals surface area contributed by atoms with E-state index < -0.39 is 12.1 Å². The average molecular weight is 449 g/mol. The summed E-state index contributed by atoms with van der Waals surface area (Å²) in [6.45, 7) is 6.64. The molecule has 3 atom stereocenters. The molecule has 2 saturated heterocycles. The topological polar surface area (TPSA) is 120 Å². The minimum absolute atomic E-state index is 0.0779. The normalized spacial score (nSPS) is 21.4. The van der Waals surface area contributed by atoms with Crippen LogP contribution in [0.15, 0.2) is 30.3 Å². The lowest BCUT2D eigenvalue weighted by atomic mass is 9.85. The van der Waals surface area contributed by atoms with E-state index in [-0.39, 0.29) is 42.7 Å². The second-order valence-corrected chi connectivity index (χ2v) is 9.24. The van der Waals surface area contributed by atoms with Crippen molar-refractivity contribution < 1.29 is 29.2 Å². The number of nitrogens with zero attached hydrogens (tertiary/aromatic N) is 2. The molecule has 1 unspecified atom stereocenters. The second kappa shape index (κ2) is 10.2. The second-order valence-electron chi connectivity index (χ2n) is 9.24. The highest BCUT2D eigenvalue weighted by Crippen LogP contribution is 2.30. The largest absolute Gasteiger partial charge is 0.465 e. The van der Waals surface area contributed by atoms with Crippen molar-refractivity contribution in [2.45, 2.75) is 64.8 Å². The first-order chi connectivity index (χ1) is 15.2. The van der Waals surface area contributed by atoms with Gasteiger partial charge in [-0.15, -0.1) is 0 Å². The summed E-state index contributed by atoms with van der Waals surface area (Å²) in [5.74, 6) is -0.389. The van der Waals surface area contributed by atoms with E-state index in [9.17, 15) is 14.4 Å².